The minimum atomic E-state index is -4.54. The van der Waals surface area contributed by atoms with Gasteiger partial charge in [0.05, 0.1) is 44.8 Å². The molecule has 3 aliphatic rings. The van der Waals surface area contributed by atoms with E-state index in [2.05, 4.69) is 12.1 Å². The summed E-state index contributed by atoms with van der Waals surface area (Å²) in [5.41, 5.74) is 0.686. The van der Waals surface area contributed by atoms with E-state index >= 15 is 4.39 Å². The number of alkyl halides is 2. The molecule has 6 rings (SSSR count). The normalized spacial score (nSPS) is 24.7. The van der Waals surface area contributed by atoms with E-state index in [4.69, 9.17) is 0 Å². The molecule has 0 radical (unpaired) electrons. The Morgan fingerprint density at radius 3 is 2.45 bits per heavy atom. The average molecular weight is 684 g/mol. The average Bonchev–Trinajstić information content (AvgIpc) is 3.45. The second-order valence-electron chi connectivity index (χ2n) is 12.6. The molecule has 11 heteroatoms. The molecule has 1 aromatic heterocycles. The molecule has 3 aromatic rings. The Morgan fingerprint density at radius 1 is 1.12 bits per heavy atom. The molecule has 1 atom stereocenters. The highest BCUT2D eigenvalue weighted by Crippen LogP contribution is 2.45. The highest BCUT2D eigenvalue weighted by molar-refractivity contribution is 7.90. The minimum Gasteiger partial charge on any atom is -0.481 e. The van der Waals surface area contributed by atoms with Gasteiger partial charge in [-0.15, -0.1) is 0 Å². The Labute approximate surface area is 281 Å². The third-order valence-corrected chi connectivity index (χ3v) is 11.8. The second kappa shape index (κ2) is 13.1. The van der Waals surface area contributed by atoms with Gasteiger partial charge in [0.2, 0.25) is 0 Å². The SMILES string of the molecule is CCC1(C(=O)O)CCC(C2=CC(=c3c(=C4C(C#N)=CC=CC4C#N)c4cc(F)ccc4n3S(=O)(=O)c3ccc(C(F)F)cc3)CC=C2)CC1. The van der Waals surface area contributed by atoms with Gasteiger partial charge in [0, 0.05) is 21.7 Å². The zero-order valence-corrected chi connectivity index (χ0v) is 27.4. The molecule has 1 N–H and O–H groups in total. The lowest BCUT2D eigenvalue weighted by Gasteiger charge is -2.37. The van der Waals surface area contributed by atoms with Crippen molar-refractivity contribution < 1.29 is 31.5 Å². The molecule has 49 heavy (non-hydrogen) atoms. The number of carbonyl (C=O) groups is 1. The molecule has 3 aliphatic carbocycles. The summed E-state index contributed by atoms with van der Waals surface area (Å²) >= 11 is 0. The monoisotopic (exact) mass is 683 g/mol. The van der Waals surface area contributed by atoms with Gasteiger partial charge in [0.25, 0.3) is 16.4 Å². The largest absolute Gasteiger partial charge is 0.481 e. The number of fused-ring (bicyclic) bond motifs is 1. The maximum atomic E-state index is 15.0. The van der Waals surface area contributed by atoms with Gasteiger partial charge < -0.3 is 5.11 Å². The molecule has 250 valence electrons. The predicted molar refractivity (Wildman–Crippen MR) is 178 cm³/mol. The number of aromatic nitrogens is 1. The molecule has 0 amide bonds. The van der Waals surface area contributed by atoms with E-state index in [0.717, 1.165) is 39.9 Å². The summed E-state index contributed by atoms with van der Waals surface area (Å²) in [6.07, 6.45) is 10.5. The maximum absolute atomic E-state index is 15.0. The van der Waals surface area contributed by atoms with Crippen molar-refractivity contribution in [2.45, 2.75) is 56.8 Å². The minimum absolute atomic E-state index is 0.00511. The van der Waals surface area contributed by atoms with E-state index in [9.17, 15) is 37.6 Å². The molecule has 1 heterocycles. The highest BCUT2D eigenvalue weighted by atomic mass is 32.2. The number of halogens is 3. The van der Waals surface area contributed by atoms with Crippen molar-refractivity contribution in [3.63, 3.8) is 0 Å². The topological polar surface area (TPSA) is 124 Å². The Balaban J connectivity index is 1.72. The van der Waals surface area contributed by atoms with Crippen molar-refractivity contribution in [2.75, 3.05) is 0 Å². The zero-order valence-electron chi connectivity index (χ0n) is 26.5. The van der Waals surface area contributed by atoms with Crippen molar-refractivity contribution in [3.8, 4) is 12.1 Å². The summed E-state index contributed by atoms with van der Waals surface area (Å²) in [4.78, 5) is 11.8. The van der Waals surface area contributed by atoms with Crippen LogP contribution in [0.2, 0.25) is 0 Å². The molecular weight excluding hydrogens is 651 g/mol. The Kier molecular flexibility index (Phi) is 9.00. The fourth-order valence-electron chi connectivity index (χ4n) is 7.32. The summed E-state index contributed by atoms with van der Waals surface area (Å²) in [5, 5.41) is 30.8. The lowest BCUT2D eigenvalue weighted by molar-refractivity contribution is -0.151. The van der Waals surface area contributed by atoms with Crippen LogP contribution in [0.1, 0.15) is 57.4 Å². The summed E-state index contributed by atoms with van der Waals surface area (Å²) in [7, 11) is -4.54. The van der Waals surface area contributed by atoms with Gasteiger partial charge in [0.15, 0.2) is 0 Å². The molecule has 0 aliphatic heterocycles. The molecule has 1 unspecified atom stereocenters. The van der Waals surface area contributed by atoms with E-state index in [-0.39, 0.29) is 55.4 Å². The van der Waals surface area contributed by atoms with Crippen molar-refractivity contribution in [1.82, 2.24) is 3.97 Å². The number of carboxylic acids is 1. The first-order valence-electron chi connectivity index (χ1n) is 16.0. The van der Waals surface area contributed by atoms with Gasteiger partial charge in [-0.05, 0) is 92.0 Å². The van der Waals surface area contributed by atoms with Crippen LogP contribution in [0.25, 0.3) is 22.0 Å². The van der Waals surface area contributed by atoms with E-state index in [0.29, 0.717) is 37.7 Å². The fourth-order valence-corrected chi connectivity index (χ4v) is 8.88. The van der Waals surface area contributed by atoms with Crippen molar-refractivity contribution in [1.29, 1.82) is 10.5 Å². The summed E-state index contributed by atoms with van der Waals surface area (Å²) in [6.45, 7) is 1.88. The van der Waals surface area contributed by atoms with Crippen LogP contribution in [-0.2, 0) is 14.8 Å². The zero-order chi connectivity index (χ0) is 35.1. The third kappa shape index (κ3) is 5.83. The number of aliphatic carboxylic acids is 1. The van der Waals surface area contributed by atoms with Crippen molar-refractivity contribution >= 4 is 38.0 Å². The quantitative estimate of drug-likeness (QED) is 0.299. The number of hydrogen-bond donors (Lipinski definition) is 1. The molecule has 0 spiro atoms. The van der Waals surface area contributed by atoms with E-state index in [1.165, 1.54) is 18.2 Å². The lowest BCUT2D eigenvalue weighted by atomic mass is 9.67. The molecule has 2 aromatic carbocycles. The van der Waals surface area contributed by atoms with Gasteiger partial charge in [-0.3, -0.25) is 4.79 Å². The van der Waals surface area contributed by atoms with Crippen LogP contribution in [0.15, 0.2) is 95.0 Å². The van der Waals surface area contributed by atoms with Crippen molar-refractivity contribution in [2.24, 2.45) is 17.3 Å². The van der Waals surface area contributed by atoms with Gasteiger partial charge in [0.1, 0.15) is 5.82 Å². The number of rotatable bonds is 6. The van der Waals surface area contributed by atoms with Crippen LogP contribution in [0.4, 0.5) is 13.2 Å². The molecular formula is C38H32F3N3O4S. The number of nitrogens with zero attached hydrogens (tertiary/aromatic N) is 3. The Morgan fingerprint density at radius 2 is 1.84 bits per heavy atom. The fraction of sp³-hybridized carbons (Fsp3) is 0.289. The summed E-state index contributed by atoms with van der Waals surface area (Å²) in [5.74, 6) is -2.44. The number of carboxylic acid groups (broad SMARTS) is 1. The first-order chi connectivity index (χ1) is 23.4. The Hall–Kier alpha value is -5.13. The van der Waals surface area contributed by atoms with Crippen LogP contribution in [0.3, 0.4) is 0 Å². The summed E-state index contributed by atoms with van der Waals surface area (Å²) < 4.78 is 72.2. The highest BCUT2D eigenvalue weighted by Gasteiger charge is 2.41. The maximum Gasteiger partial charge on any atom is 0.309 e. The first-order valence-corrected chi connectivity index (χ1v) is 17.4. The standard InChI is InChI=1S/C38H32F3N3O4S/c1-2-38(37(45)46)17-15-23(16-18-38)25-5-3-6-26(19-25)35-34(33-27(21-42)7-4-8-28(33)22-43)31-20-29(39)11-14-32(31)44(35)49(47,48)30-12-9-24(10-13-30)36(40)41/h3-5,7-14,19-20,23,27,36H,2,6,15-18H2,1H3,(H,45,46). The number of hydrogen-bond acceptors (Lipinski definition) is 5. The molecule has 0 bridgehead atoms. The smallest absolute Gasteiger partial charge is 0.309 e. The van der Waals surface area contributed by atoms with E-state index < -0.39 is 39.6 Å². The van der Waals surface area contributed by atoms with E-state index in [1.807, 2.05) is 25.2 Å². The predicted octanol–water partition coefficient (Wildman–Crippen LogP) is 6.97. The van der Waals surface area contributed by atoms with Crippen LogP contribution in [-0.4, -0.2) is 23.5 Å². The second-order valence-corrected chi connectivity index (χ2v) is 14.4. The molecule has 1 fully saturated rings. The van der Waals surface area contributed by atoms with Crippen LogP contribution in [0, 0.1) is 45.7 Å². The lowest BCUT2D eigenvalue weighted by Crippen LogP contribution is -2.38. The van der Waals surface area contributed by atoms with Crippen LogP contribution < -0.4 is 10.6 Å². The number of nitriles is 2. The van der Waals surface area contributed by atoms with E-state index in [1.54, 1.807) is 12.2 Å². The number of allylic oxidation sites excluding steroid dienone is 8. The van der Waals surface area contributed by atoms with Gasteiger partial charge in [-0.25, -0.2) is 25.6 Å². The third-order valence-electron chi connectivity index (χ3n) is 10.1. The van der Waals surface area contributed by atoms with Crippen LogP contribution in [0.5, 0.6) is 0 Å². The number of benzene rings is 2. The van der Waals surface area contributed by atoms with Gasteiger partial charge >= 0.3 is 5.97 Å². The molecule has 7 nitrogen and oxygen atoms in total. The van der Waals surface area contributed by atoms with Gasteiger partial charge in [-0.2, -0.15) is 10.5 Å². The van der Waals surface area contributed by atoms with Gasteiger partial charge in [-0.1, -0.05) is 49.4 Å². The Bertz CT molecular complexity index is 2310. The van der Waals surface area contributed by atoms with Crippen LogP contribution >= 0.6 is 0 Å². The molecule has 0 saturated heterocycles. The molecule has 1 saturated carbocycles. The summed E-state index contributed by atoms with van der Waals surface area (Å²) in [6, 6.07) is 12.2. The van der Waals surface area contributed by atoms with Crippen molar-refractivity contribution in [3.05, 3.63) is 112 Å². The first kappa shape index (κ1) is 33.8.